The van der Waals surface area contributed by atoms with Crippen LogP contribution in [0.1, 0.15) is 25.0 Å². The number of halogens is 1. The van der Waals surface area contributed by atoms with Crippen LogP contribution in [0.25, 0.3) is 22.9 Å². The van der Waals surface area contributed by atoms with Gasteiger partial charge in [-0.3, -0.25) is 9.48 Å². The minimum Gasteiger partial charge on any atom is -0.465 e. The van der Waals surface area contributed by atoms with E-state index in [-0.39, 0.29) is 24.8 Å². The third-order valence-corrected chi connectivity index (χ3v) is 5.86. The fourth-order valence-corrected chi connectivity index (χ4v) is 3.90. The van der Waals surface area contributed by atoms with Crippen LogP contribution in [0.3, 0.4) is 0 Å². The van der Waals surface area contributed by atoms with E-state index in [1.807, 2.05) is 0 Å². The van der Waals surface area contributed by atoms with Gasteiger partial charge in [0, 0.05) is 23.4 Å². The molecule has 1 aromatic carbocycles. The maximum atomic E-state index is 14.3. The Morgan fingerprint density at radius 1 is 1.32 bits per heavy atom. The van der Waals surface area contributed by atoms with Gasteiger partial charge < -0.3 is 19.7 Å². The van der Waals surface area contributed by atoms with Gasteiger partial charge in [-0.25, -0.2) is 14.4 Å². The van der Waals surface area contributed by atoms with Crippen molar-refractivity contribution in [2.24, 2.45) is 0 Å². The predicted molar refractivity (Wildman–Crippen MR) is 118 cm³/mol. The number of rotatable bonds is 6. The standard InChI is InChI=1S/C23H21FN6O4/c1-3-33-22(32)23(2)14-11-25-20(26-19(14)27-21(23)31)17-10-18(16-8-9-34-29-16)30(28-17)12-13-6-4-5-7-15(13)24/h4-11,21,31H,3,12H2,1-2H3,(H,25,26,27). The van der Waals surface area contributed by atoms with Crippen LogP contribution in [-0.4, -0.2) is 48.8 Å². The van der Waals surface area contributed by atoms with E-state index in [2.05, 4.69) is 25.5 Å². The molecule has 4 heterocycles. The van der Waals surface area contributed by atoms with Crippen LogP contribution in [0.2, 0.25) is 0 Å². The molecule has 4 aromatic rings. The predicted octanol–water partition coefficient (Wildman–Crippen LogP) is 2.75. The molecule has 0 fully saturated rings. The van der Waals surface area contributed by atoms with Gasteiger partial charge in [0.2, 0.25) is 0 Å². The molecule has 2 atom stereocenters. The van der Waals surface area contributed by atoms with Gasteiger partial charge in [-0.2, -0.15) is 5.10 Å². The Hall–Kier alpha value is -4.12. The summed E-state index contributed by atoms with van der Waals surface area (Å²) < 4.78 is 26.0. The van der Waals surface area contributed by atoms with Crippen LogP contribution in [-0.2, 0) is 21.5 Å². The SMILES string of the molecule is CCOC(=O)C1(C)c2cnc(-c3cc(-c4ccon4)n(Cc4ccccc4F)n3)nc2NC1O. The largest absolute Gasteiger partial charge is 0.465 e. The maximum absolute atomic E-state index is 14.3. The second-order valence-electron chi connectivity index (χ2n) is 7.97. The first-order valence-corrected chi connectivity index (χ1v) is 10.6. The van der Waals surface area contributed by atoms with Crippen LogP contribution in [0, 0.1) is 5.82 Å². The van der Waals surface area contributed by atoms with E-state index in [1.165, 1.54) is 18.5 Å². The summed E-state index contributed by atoms with van der Waals surface area (Å²) in [5.74, 6) is -0.369. The molecule has 0 amide bonds. The first-order chi connectivity index (χ1) is 16.4. The molecule has 3 aromatic heterocycles. The van der Waals surface area contributed by atoms with Crippen molar-refractivity contribution in [3.8, 4) is 22.9 Å². The summed E-state index contributed by atoms with van der Waals surface area (Å²) in [5, 5.41) is 21.9. The number of aromatic nitrogens is 5. The zero-order chi connectivity index (χ0) is 23.9. The molecule has 2 unspecified atom stereocenters. The quantitative estimate of drug-likeness (QED) is 0.414. The Labute approximate surface area is 193 Å². The Morgan fingerprint density at radius 2 is 2.15 bits per heavy atom. The number of anilines is 1. The van der Waals surface area contributed by atoms with E-state index in [4.69, 9.17) is 9.26 Å². The van der Waals surface area contributed by atoms with Crippen molar-refractivity contribution < 1.29 is 23.6 Å². The number of ether oxygens (including phenoxy) is 1. The molecule has 34 heavy (non-hydrogen) atoms. The van der Waals surface area contributed by atoms with E-state index < -0.39 is 17.6 Å². The maximum Gasteiger partial charge on any atom is 0.321 e. The number of fused-ring (bicyclic) bond motifs is 1. The lowest BCUT2D eigenvalue weighted by Gasteiger charge is -2.25. The van der Waals surface area contributed by atoms with E-state index in [1.54, 1.807) is 48.9 Å². The van der Waals surface area contributed by atoms with Crippen molar-refractivity contribution in [3.63, 3.8) is 0 Å². The second kappa shape index (κ2) is 8.34. The number of esters is 1. The highest BCUT2D eigenvalue weighted by Crippen LogP contribution is 2.40. The number of benzene rings is 1. The van der Waals surface area contributed by atoms with E-state index >= 15 is 0 Å². The van der Waals surface area contributed by atoms with Gasteiger partial charge in [-0.05, 0) is 26.0 Å². The highest BCUT2D eigenvalue weighted by atomic mass is 19.1. The topological polar surface area (TPSA) is 128 Å². The Balaban J connectivity index is 1.55. The van der Waals surface area contributed by atoms with Crippen LogP contribution in [0.5, 0.6) is 0 Å². The van der Waals surface area contributed by atoms with Gasteiger partial charge in [0.25, 0.3) is 0 Å². The molecule has 5 rings (SSSR count). The Kier molecular flexibility index (Phi) is 5.33. The monoisotopic (exact) mass is 464 g/mol. The molecule has 1 aliphatic heterocycles. The van der Waals surface area contributed by atoms with Crippen molar-refractivity contribution in [3.05, 3.63) is 65.8 Å². The number of carbonyl (C=O) groups is 1. The number of aliphatic hydroxyl groups excluding tert-OH is 1. The normalized spacial score (nSPS) is 19.0. The molecule has 0 spiro atoms. The number of hydrogen-bond acceptors (Lipinski definition) is 9. The molecule has 11 heteroatoms. The third kappa shape index (κ3) is 3.50. The minimum atomic E-state index is -1.35. The van der Waals surface area contributed by atoms with Gasteiger partial charge >= 0.3 is 5.97 Å². The lowest BCUT2D eigenvalue weighted by atomic mass is 9.84. The zero-order valence-electron chi connectivity index (χ0n) is 18.4. The first kappa shape index (κ1) is 21.7. The molecule has 10 nitrogen and oxygen atoms in total. The molecule has 0 saturated carbocycles. The molecule has 174 valence electrons. The van der Waals surface area contributed by atoms with Crippen molar-refractivity contribution in [1.29, 1.82) is 0 Å². The van der Waals surface area contributed by atoms with E-state index in [0.29, 0.717) is 34.0 Å². The van der Waals surface area contributed by atoms with Crippen LogP contribution in [0.4, 0.5) is 10.2 Å². The summed E-state index contributed by atoms with van der Waals surface area (Å²) in [6.07, 6.45) is 1.68. The number of nitrogens with one attached hydrogen (secondary N) is 1. The van der Waals surface area contributed by atoms with Crippen molar-refractivity contribution in [2.45, 2.75) is 32.0 Å². The minimum absolute atomic E-state index is 0.150. The molecule has 0 saturated heterocycles. The summed E-state index contributed by atoms with van der Waals surface area (Å²) in [6.45, 7) is 3.60. The lowest BCUT2D eigenvalue weighted by molar-refractivity contribution is -0.152. The lowest BCUT2D eigenvalue weighted by Crippen LogP contribution is -2.44. The average molecular weight is 464 g/mol. The average Bonchev–Trinajstić information content (AvgIpc) is 3.55. The van der Waals surface area contributed by atoms with Crippen LogP contribution in [0.15, 0.2) is 53.4 Å². The summed E-state index contributed by atoms with van der Waals surface area (Å²) >= 11 is 0. The highest BCUT2D eigenvalue weighted by molar-refractivity contribution is 5.88. The first-order valence-electron chi connectivity index (χ1n) is 10.6. The van der Waals surface area contributed by atoms with Crippen molar-refractivity contribution >= 4 is 11.8 Å². The Bertz CT molecular complexity index is 1360. The van der Waals surface area contributed by atoms with Gasteiger partial charge in [0.05, 0.1) is 18.8 Å². The summed E-state index contributed by atoms with van der Waals surface area (Å²) in [7, 11) is 0. The molecular weight excluding hydrogens is 443 g/mol. The van der Waals surface area contributed by atoms with Gasteiger partial charge in [-0.15, -0.1) is 0 Å². The third-order valence-electron chi connectivity index (χ3n) is 5.86. The molecule has 2 N–H and O–H groups in total. The summed E-state index contributed by atoms with van der Waals surface area (Å²) in [4.78, 5) is 21.4. The number of aliphatic hydroxyl groups is 1. The van der Waals surface area contributed by atoms with E-state index in [9.17, 15) is 14.3 Å². The highest BCUT2D eigenvalue weighted by Gasteiger charge is 2.51. The fraction of sp³-hybridized carbons (Fsp3) is 0.261. The van der Waals surface area contributed by atoms with Gasteiger partial charge in [0.15, 0.2) is 5.82 Å². The molecule has 0 aliphatic carbocycles. The van der Waals surface area contributed by atoms with E-state index in [0.717, 1.165) is 0 Å². The second-order valence-corrected chi connectivity index (χ2v) is 7.97. The van der Waals surface area contributed by atoms with Crippen molar-refractivity contribution in [2.75, 3.05) is 11.9 Å². The van der Waals surface area contributed by atoms with Gasteiger partial charge in [0.1, 0.15) is 40.9 Å². The smallest absolute Gasteiger partial charge is 0.321 e. The number of carbonyl (C=O) groups excluding carboxylic acids is 1. The molecular formula is C23H21FN6O4. The van der Waals surface area contributed by atoms with Crippen LogP contribution < -0.4 is 5.32 Å². The Morgan fingerprint density at radius 3 is 2.88 bits per heavy atom. The zero-order valence-corrected chi connectivity index (χ0v) is 18.4. The number of nitrogens with zero attached hydrogens (tertiary/aromatic N) is 5. The van der Waals surface area contributed by atoms with Gasteiger partial charge in [-0.1, -0.05) is 23.4 Å². The summed E-state index contributed by atoms with van der Waals surface area (Å²) in [5.41, 5.74) is 1.02. The van der Waals surface area contributed by atoms with Crippen molar-refractivity contribution in [1.82, 2.24) is 24.9 Å². The molecule has 1 aliphatic rings. The van der Waals surface area contributed by atoms with Crippen LogP contribution >= 0.6 is 0 Å². The fourth-order valence-electron chi connectivity index (χ4n) is 3.90. The number of hydrogen-bond donors (Lipinski definition) is 2. The summed E-state index contributed by atoms with van der Waals surface area (Å²) in [6, 6.07) is 9.82. The molecule has 0 radical (unpaired) electrons. The molecule has 0 bridgehead atoms.